The van der Waals surface area contributed by atoms with Crippen molar-refractivity contribution in [3.63, 3.8) is 0 Å². The van der Waals surface area contributed by atoms with E-state index >= 15 is 0 Å². The van der Waals surface area contributed by atoms with E-state index in [1.165, 1.54) is 25.0 Å². The molecule has 4 fully saturated rings. The monoisotopic (exact) mass is 239 g/mol. The highest BCUT2D eigenvalue weighted by atomic mass is 32.2. The van der Waals surface area contributed by atoms with Crippen molar-refractivity contribution in [1.82, 2.24) is 0 Å². The van der Waals surface area contributed by atoms with Gasteiger partial charge in [0.15, 0.2) is 0 Å². The maximum atomic E-state index is 5.74. The minimum Gasteiger partial charge on any atom is -0.330 e. The van der Waals surface area contributed by atoms with Crippen molar-refractivity contribution < 1.29 is 0 Å². The molecule has 1 atom stereocenters. The normalized spacial score (nSPS) is 47.2. The second-order valence-corrected chi connectivity index (χ2v) is 8.24. The molecule has 1 nitrogen and oxygen atoms in total. The lowest BCUT2D eigenvalue weighted by Crippen LogP contribution is -2.48. The summed E-state index contributed by atoms with van der Waals surface area (Å²) >= 11 is 2.29. The molecule has 2 N–H and O–H groups in total. The molecule has 4 bridgehead atoms. The molecule has 0 aromatic carbocycles. The highest BCUT2D eigenvalue weighted by Gasteiger charge is 2.50. The van der Waals surface area contributed by atoms with Crippen molar-refractivity contribution in [3.05, 3.63) is 0 Å². The zero-order chi connectivity index (χ0) is 11.2. The molecule has 0 amide bonds. The van der Waals surface area contributed by atoms with Gasteiger partial charge in [0.2, 0.25) is 0 Å². The second kappa shape index (κ2) is 4.20. The first-order chi connectivity index (χ1) is 7.69. The molecular formula is C14H25NS. The first kappa shape index (κ1) is 11.4. The van der Waals surface area contributed by atoms with Crippen molar-refractivity contribution in [2.75, 3.05) is 12.3 Å². The van der Waals surface area contributed by atoms with Gasteiger partial charge in [0.25, 0.3) is 0 Å². The highest BCUT2D eigenvalue weighted by molar-refractivity contribution is 8.00. The van der Waals surface area contributed by atoms with Crippen LogP contribution < -0.4 is 5.73 Å². The Kier molecular flexibility index (Phi) is 3.00. The topological polar surface area (TPSA) is 26.0 Å². The van der Waals surface area contributed by atoms with Crippen LogP contribution in [0, 0.1) is 23.7 Å². The molecular weight excluding hydrogens is 214 g/mol. The van der Waals surface area contributed by atoms with Crippen molar-refractivity contribution in [2.45, 2.75) is 50.2 Å². The summed E-state index contributed by atoms with van der Waals surface area (Å²) in [6, 6.07) is 0. The van der Waals surface area contributed by atoms with E-state index in [9.17, 15) is 0 Å². The molecule has 4 aliphatic rings. The molecule has 0 aromatic rings. The molecule has 0 aromatic heterocycles. The Labute approximate surface area is 104 Å². The number of thioether (sulfide) groups is 1. The van der Waals surface area contributed by atoms with Crippen LogP contribution in [-0.4, -0.2) is 17.0 Å². The molecule has 92 valence electrons. The van der Waals surface area contributed by atoms with E-state index in [0.717, 1.165) is 24.3 Å². The van der Waals surface area contributed by atoms with Gasteiger partial charge in [-0.05, 0) is 74.5 Å². The van der Waals surface area contributed by atoms with E-state index in [1.807, 2.05) is 0 Å². The molecule has 0 spiro atoms. The van der Waals surface area contributed by atoms with Gasteiger partial charge in [0.1, 0.15) is 0 Å². The maximum Gasteiger partial charge on any atom is 0.0168 e. The average Bonchev–Trinajstić information content (AvgIpc) is 2.24. The van der Waals surface area contributed by atoms with Crippen LogP contribution in [0.15, 0.2) is 0 Å². The molecule has 4 rings (SSSR count). The van der Waals surface area contributed by atoms with E-state index in [1.54, 1.807) is 19.3 Å². The Morgan fingerprint density at radius 1 is 1.12 bits per heavy atom. The Hall–Kier alpha value is 0.310. The van der Waals surface area contributed by atoms with Crippen LogP contribution in [0.3, 0.4) is 0 Å². The van der Waals surface area contributed by atoms with Gasteiger partial charge >= 0.3 is 0 Å². The second-order valence-electron chi connectivity index (χ2n) is 6.75. The first-order valence-corrected chi connectivity index (χ1v) is 8.02. The molecule has 1 unspecified atom stereocenters. The van der Waals surface area contributed by atoms with Crippen molar-refractivity contribution in [2.24, 2.45) is 29.4 Å². The first-order valence-electron chi connectivity index (χ1n) is 7.03. The summed E-state index contributed by atoms with van der Waals surface area (Å²) in [6.45, 7) is 3.16. The van der Waals surface area contributed by atoms with Crippen LogP contribution in [0.2, 0.25) is 0 Å². The standard InChI is InChI=1S/C14H25NS/c1-10(8-15)9-16-14-5-11-2-12(6-14)4-13(3-11)7-14/h10-13H,2-9,15H2,1H3. The van der Waals surface area contributed by atoms with Gasteiger partial charge in [0, 0.05) is 4.75 Å². The molecule has 0 saturated heterocycles. The van der Waals surface area contributed by atoms with E-state index in [4.69, 9.17) is 5.73 Å². The van der Waals surface area contributed by atoms with Crippen LogP contribution in [0.25, 0.3) is 0 Å². The van der Waals surface area contributed by atoms with E-state index in [2.05, 4.69) is 18.7 Å². The van der Waals surface area contributed by atoms with Crippen molar-refractivity contribution in [1.29, 1.82) is 0 Å². The van der Waals surface area contributed by atoms with E-state index in [-0.39, 0.29) is 0 Å². The summed E-state index contributed by atoms with van der Waals surface area (Å²) in [5.41, 5.74) is 5.74. The van der Waals surface area contributed by atoms with E-state index < -0.39 is 0 Å². The lowest BCUT2D eigenvalue weighted by molar-refractivity contribution is 0.0383. The lowest BCUT2D eigenvalue weighted by atomic mass is 9.56. The van der Waals surface area contributed by atoms with Gasteiger partial charge in [0.05, 0.1) is 0 Å². The minimum atomic E-state index is 0.693. The summed E-state index contributed by atoms with van der Waals surface area (Å²) in [7, 11) is 0. The fourth-order valence-electron chi connectivity index (χ4n) is 4.60. The number of rotatable bonds is 4. The Bertz CT molecular complexity index is 228. The third kappa shape index (κ3) is 2.03. The Balaban J connectivity index is 1.64. The fourth-order valence-corrected chi connectivity index (χ4v) is 6.43. The Morgan fingerprint density at radius 2 is 1.62 bits per heavy atom. The van der Waals surface area contributed by atoms with Gasteiger partial charge in [-0.1, -0.05) is 6.92 Å². The Morgan fingerprint density at radius 3 is 2.06 bits per heavy atom. The van der Waals surface area contributed by atoms with Crippen LogP contribution in [-0.2, 0) is 0 Å². The maximum absolute atomic E-state index is 5.74. The molecule has 4 saturated carbocycles. The number of hydrogen-bond donors (Lipinski definition) is 1. The molecule has 4 aliphatic carbocycles. The zero-order valence-corrected chi connectivity index (χ0v) is 11.3. The highest BCUT2D eigenvalue weighted by Crippen LogP contribution is 2.60. The number of nitrogens with two attached hydrogens (primary N) is 1. The lowest BCUT2D eigenvalue weighted by Gasteiger charge is -2.56. The smallest absolute Gasteiger partial charge is 0.0168 e. The summed E-state index contributed by atoms with van der Waals surface area (Å²) in [6.07, 6.45) is 9.27. The fraction of sp³-hybridized carbons (Fsp3) is 1.00. The minimum absolute atomic E-state index is 0.693. The van der Waals surface area contributed by atoms with Crippen LogP contribution >= 0.6 is 11.8 Å². The van der Waals surface area contributed by atoms with Gasteiger partial charge < -0.3 is 5.73 Å². The summed E-state index contributed by atoms with van der Waals surface area (Å²) in [5, 5.41) is 0. The van der Waals surface area contributed by atoms with Crippen LogP contribution in [0.4, 0.5) is 0 Å². The molecule has 0 heterocycles. The molecule has 0 radical (unpaired) electrons. The number of hydrogen-bond acceptors (Lipinski definition) is 2. The predicted molar refractivity (Wildman–Crippen MR) is 71.6 cm³/mol. The van der Waals surface area contributed by atoms with Gasteiger partial charge in [-0.3, -0.25) is 0 Å². The van der Waals surface area contributed by atoms with Crippen LogP contribution in [0.5, 0.6) is 0 Å². The predicted octanol–water partition coefficient (Wildman–Crippen LogP) is 3.28. The average molecular weight is 239 g/mol. The van der Waals surface area contributed by atoms with Crippen molar-refractivity contribution in [3.8, 4) is 0 Å². The summed E-state index contributed by atoms with van der Waals surface area (Å²) < 4.78 is 0.693. The van der Waals surface area contributed by atoms with Crippen LogP contribution in [0.1, 0.15) is 45.4 Å². The van der Waals surface area contributed by atoms with Gasteiger partial charge in [-0.15, -0.1) is 0 Å². The third-order valence-electron chi connectivity index (χ3n) is 5.06. The summed E-state index contributed by atoms with van der Waals surface area (Å²) in [4.78, 5) is 0. The SMILES string of the molecule is CC(CN)CSC12CC3CC(CC(C3)C1)C2. The molecule has 16 heavy (non-hydrogen) atoms. The zero-order valence-electron chi connectivity index (χ0n) is 10.5. The molecule has 2 heteroatoms. The van der Waals surface area contributed by atoms with Gasteiger partial charge in [-0.25, -0.2) is 0 Å². The van der Waals surface area contributed by atoms with Crippen molar-refractivity contribution >= 4 is 11.8 Å². The van der Waals surface area contributed by atoms with E-state index in [0.29, 0.717) is 10.7 Å². The third-order valence-corrected chi connectivity index (χ3v) is 6.91. The summed E-state index contributed by atoms with van der Waals surface area (Å²) in [5.74, 6) is 5.27. The molecule has 0 aliphatic heterocycles. The largest absolute Gasteiger partial charge is 0.330 e. The van der Waals surface area contributed by atoms with Gasteiger partial charge in [-0.2, -0.15) is 11.8 Å². The quantitative estimate of drug-likeness (QED) is 0.815.